The lowest BCUT2D eigenvalue weighted by Gasteiger charge is -2.47. The largest absolute Gasteiger partial charge is 0.308 e. The Kier molecular flexibility index (Phi) is 5.08. The van der Waals surface area contributed by atoms with E-state index in [9.17, 15) is 0 Å². The highest BCUT2D eigenvalue weighted by Gasteiger charge is 2.40. The third kappa shape index (κ3) is 3.27. The topological polar surface area (TPSA) is 15.3 Å². The molecule has 0 radical (unpaired) electrons. The van der Waals surface area contributed by atoms with Crippen LogP contribution in [0.1, 0.15) is 65.7 Å². The lowest BCUT2D eigenvalue weighted by Crippen LogP contribution is -2.63. The van der Waals surface area contributed by atoms with Gasteiger partial charge in [0.05, 0.1) is 0 Å². The molecule has 18 heavy (non-hydrogen) atoms. The van der Waals surface area contributed by atoms with Crippen molar-refractivity contribution in [1.82, 2.24) is 10.2 Å². The van der Waals surface area contributed by atoms with Crippen LogP contribution in [0.3, 0.4) is 0 Å². The summed E-state index contributed by atoms with van der Waals surface area (Å²) in [7, 11) is 0. The number of rotatable bonds is 5. The molecule has 1 heterocycles. The number of hydrogen-bond acceptors (Lipinski definition) is 2. The van der Waals surface area contributed by atoms with Crippen LogP contribution in [-0.4, -0.2) is 36.1 Å². The minimum Gasteiger partial charge on any atom is -0.308 e. The van der Waals surface area contributed by atoms with Gasteiger partial charge in [0.25, 0.3) is 0 Å². The molecule has 1 N–H and O–H groups in total. The van der Waals surface area contributed by atoms with E-state index >= 15 is 0 Å². The van der Waals surface area contributed by atoms with E-state index in [4.69, 9.17) is 0 Å². The van der Waals surface area contributed by atoms with E-state index in [1.165, 1.54) is 64.6 Å². The molecular weight excluding hydrogens is 220 g/mol. The fourth-order valence-corrected chi connectivity index (χ4v) is 3.78. The number of piperazine rings is 1. The first-order valence-electron chi connectivity index (χ1n) is 8.18. The minimum atomic E-state index is 0.484. The first-order valence-corrected chi connectivity index (χ1v) is 8.18. The van der Waals surface area contributed by atoms with Crippen molar-refractivity contribution in [3.63, 3.8) is 0 Å². The second-order valence-corrected chi connectivity index (χ2v) is 6.75. The van der Waals surface area contributed by atoms with Crippen molar-refractivity contribution in [1.29, 1.82) is 0 Å². The summed E-state index contributed by atoms with van der Waals surface area (Å²) in [4.78, 5) is 2.82. The normalized spacial score (nSPS) is 29.8. The van der Waals surface area contributed by atoms with Crippen LogP contribution in [0, 0.1) is 5.92 Å². The van der Waals surface area contributed by atoms with E-state index in [-0.39, 0.29) is 0 Å². The first kappa shape index (κ1) is 14.3. The van der Waals surface area contributed by atoms with E-state index in [1.54, 1.807) is 0 Å². The van der Waals surface area contributed by atoms with E-state index < -0.39 is 0 Å². The van der Waals surface area contributed by atoms with Crippen LogP contribution in [0.15, 0.2) is 0 Å². The van der Waals surface area contributed by atoms with Crippen molar-refractivity contribution in [3.8, 4) is 0 Å². The molecule has 2 unspecified atom stereocenters. The predicted octanol–water partition coefficient (Wildman–Crippen LogP) is 3.42. The second-order valence-electron chi connectivity index (χ2n) is 6.75. The number of nitrogens with one attached hydrogen (secondary N) is 1. The molecule has 2 fully saturated rings. The Morgan fingerprint density at radius 2 is 2.00 bits per heavy atom. The van der Waals surface area contributed by atoms with Crippen LogP contribution < -0.4 is 5.32 Å². The quantitative estimate of drug-likeness (QED) is 0.806. The molecule has 0 amide bonds. The highest BCUT2D eigenvalue weighted by molar-refractivity contribution is 5.01. The molecular formula is C16H32N2. The maximum absolute atomic E-state index is 3.91. The van der Waals surface area contributed by atoms with E-state index in [2.05, 4.69) is 31.0 Å². The van der Waals surface area contributed by atoms with Gasteiger partial charge >= 0.3 is 0 Å². The summed E-state index contributed by atoms with van der Waals surface area (Å²) >= 11 is 0. The molecule has 2 aliphatic rings. The smallest absolute Gasteiger partial charge is 0.0309 e. The van der Waals surface area contributed by atoms with E-state index in [0.717, 1.165) is 12.0 Å². The average molecular weight is 252 g/mol. The van der Waals surface area contributed by atoms with Gasteiger partial charge in [-0.15, -0.1) is 0 Å². The van der Waals surface area contributed by atoms with Gasteiger partial charge in [0.1, 0.15) is 0 Å². The van der Waals surface area contributed by atoms with Crippen LogP contribution in [0.5, 0.6) is 0 Å². The van der Waals surface area contributed by atoms with Crippen molar-refractivity contribution in [2.45, 2.75) is 77.3 Å². The molecule has 2 nitrogen and oxygen atoms in total. The summed E-state index contributed by atoms with van der Waals surface area (Å²) in [6, 6.07) is 0.787. The maximum Gasteiger partial charge on any atom is 0.0309 e. The van der Waals surface area contributed by atoms with Gasteiger partial charge in [0.2, 0.25) is 0 Å². The molecule has 0 aromatic carbocycles. The molecule has 0 bridgehead atoms. The van der Waals surface area contributed by atoms with E-state index in [1.807, 2.05) is 0 Å². The Morgan fingerprint density at radius 3 is 2.61 bits per heavy atom. The van der Waals surface area contributed by atoms with Crippen LogP contribution in [0.2, 0.25) is 0 Å². The van der Waals surface area contributed by atoms with Crippen molar-refractivity contribution in [2.24, 2.45) is 5.92 Å². The summed E-state index contributed by atoms with van der Waals surface area (Å²) in [5.74, 6) is 0.848. The van der Waals surface area contributed by atoms with E-state index in [0.29, 0.717) is 5.54 Å². The molecule has 0 aromatic rings. The molecule has 1 spiro atoms. The zero-order chi connectivity index (χ0) is 13.0. The zero-order valence-electron chi connectivity index (χ0n) is 12.7. The molecule has 1 saturated carbocycles. The van der Waals surface area contributed by atoms with Crippen LogP contribution in [-0.2, 0) is 0 Å². The first-order chi connectivity index (χ1) is 8.69. The summed E-state index contributed by atoms with van der Waals surface area (Å²) < 4.78 is 0. The predicted molar refractivity (Wildman–Crippen MR) is 78.9 cm³/mol. The molecule has 1 saturated heterocycles. The average Bonchev–Trinajstić information content (AvgIpc) is 2.81. The number of nitrogens with zero attached hydrogens (tertiary/aromatic N) is 1. The Labute approximate surface area is 114 Å². The molecule has 0 aromatic heterocycles. The van der Waals surface area contributed by atoms with Gasteiger partial charge in [-0.3, -0.25) is 4.90 Å². The Balaban J connectivity index is 1.98. The lowest BCUT2D eigenvalue weighted by atomic mass is 9.90. The molecule has 1 aliphatic heterocycles. The molecule has 106 valence electrons. The molecule has 2 heteroatoms. The van der Waals surface area contributed by atoms with Crippen LogP contribution in [0.4, 0.5) is 0 Å². The number of hydrogen-bond donors (Lipinski definition) is 1. The second kappa shape index (κ2) is 6.38. The summed E-state index contributed by atoms with van der Waals surface area (Å²) in [6.45, 7) is 10.9. The molecule has 2 rings (SSSR count). The highest BCUT2D eigenvalue weighted by Crippen LogP contribution is 2.34. The Morgan fingerprint density at radius 1 is 1.28 bits per heavy atom. The van der Waals surface area contributed by atoms with Crippen LogP contribution in [0.25, 0.3) is 0 Å². The van der Waals surface area contributed by atoms with Gasteiger partial charge in [-0.2, -0.15) is 0 Å². The Bertz CT molecular complexity index is 245. The summed E-state index contributed by atoms with van der Waals surface area (Å²) in [5, 5.41) is 3.91. The van der Waals surface area contributed by atoms with Crippen LogP contribution >= 0.6 is 0 Å². The standard InChI is InChI=1S/C16H32N2/c1-4-8-15-11-17-16(9-6-7-10-16)13-18(15)12-14(3)5-2/h14-15,17H,4-13H2,1-3H3. The van der Waals surface area contributed by atoms with Gasteiger partial charge in [0.15, 0.2) is 0 Å². The highest BCUT2D eigenvalue weighted by atomic mass is 15.3. The van der Waals surface area contributed by atoms with Crippen molar-refractivity contribution >= 4 is 0 Å². The fraction of sp³-hybridized carbons (Fsp3) is 1.00. The SMILES string of the molecule is CCCC1CNC2(CCCC2)CN1CC(C)CC. The molecule has 2 atom stereocenters. The van der Waals surface area contributed by atoms with Crippen molar-refractivity contribution in [3.05, 3.63) is 0 Å². The van der Waals surface area contributed by atoms with Gasteiger partial charge in [0, 0.05) is 31.2 Å². The van der Waals surface area contributed by atoms with Crippen molar-refractivity contribution < 1.29 is 0 Å². The summed E-state index contributed by atoms with van der Waals surface area (Å²) in [5.41, 5.74) is 0.484. The maximum atomic E-state index is 3.91. The third-order valence-electron chi connectivity index (χ3n) is 5.16. The zero-order valence-corrected chi connectivity index (χ0v) is 12.7. The third-order valence-corrected chi connectivity index (χ3v) is 5.16. The Hall–Kier alpha value is -0.0800. The van der Waals surface area contributed by atoms with Gasteiger partial charge < -0.3 is 5.32 Å². The van der Waals surface area contributed by atoms with Crippen molar-refractivity contribution in [2.75, 3.05) is 19.6 Å². The van der Waals surface area contributed by atoms with Gasteiger partial charge in [-0.05, 0) is 25.2 Å². The molecule has 1 aliphatic carbocycles. The minimum absolute atomic E-state index is 0.484. The monoisotopic (exact) mass is 252 g/mol. The van der Waals surface area contributed by atoms with Gasteiger partial charge in [-0.25, -0.2) is 0 Å². The lowest BCUT2D eigenvalue weighted by molar-refractivity contribution is 0.0630. The van der Waals surface area contributed by atoms with Gasteiger partial charge in [-0.1, -0.05) is 46.5 Å². The summed E-state index contributed by atoms with van der Waals surface area (Å²) in [6.07, 6.45) is 9.67. The fourth-order valence-electron chi connectivity index (χ4n) is 3.78.